The first-order valence-corrected chi connectivity index (χ1v) is 11.0. The van der Waals surface area contributed by atoms with E-state index in [4.69, 9.17) is 4.98 Å². The Morgan fingerprint density at radius 3 is 2.45 bits per heavy atom. The molecule has 5 rings (SSSR count). The van der Waals surface area contributed by atoms with Crippen LogP contribution >= 0.6 is 11.3 Å². The smallest absolute Gasteiger partial charge is 0.270 e. The highest BCUT2D eigenvalue weighted by atomic mass is 32.1. The lowest BCUT2D eigenvalue weighted by atomic mass is 9.88. The second kappa shape index (κ2) is 7.23. The molecule has 0 radical (unpaired) electrons. The maximum Gasteiger partial charge on any atom is 0.270 e. The van der Waals surface area contributed by atoms with Crippen molar-refractivity contribution in [2.75, 3.05) is 0 Å². The van der Waals surface area contributed by atoms with E-state index >= 15 is 0 Å². The molecule has 2 heterocycles. The average molecular weight is 403 g/mol. The van der Waals surface area contributed by atoms with E-state index in [1.54, 1.807) is 10.6 Å². The Kier molecular flexibility index (Phi) is 4.55. The van der Waals surface area contributed by atoms with Gasteiger partial charge in [-0.1, -0.05) is 49.1 Å². The first kappa shape index (κ1) is 18.3. The van der Waals surface area contributed by atoms with Crippen LogP contribution in [0.2, 0.25) is 0 Å². The molecule has 1 fully saturated rings. The van der Waals surface area contributed by atoms with E-state index in [-0.39, 0.29) is 22.3 Å². The maximum atomic E-state index is 13.7. The number of nitrogens with zero attached hydrogens (tertiary/aromatic N) is 2. The molecule has 29 heavy (non-hydrogen) atoms. The molecular formula is C24H22N2O2S. The molecule has 1 aliphatic rings. The van der Waals surface area contributed by atoms with E-state index in [9.17, 15) is 9.59 Å². The van der Waals surface area contributed by atoms with Crippen LogP contribution in [0.15, 0.2) is 58.1 Å². The third-order valence-corrected chi connectivity index (χ3v) is 6.97. The van der Waals surface area contributed by atoms with Gasteiger partial charge in [-0.25, -0.2) is 4.98 Å². The van der Waals surface area contributed by atoms with Crippen molar-refractivity contribution >= 4 is 31.6 Å². The van der Waals surface area contributed by atoms with Crippen LogP contribution in [0, 0.1) is 6.92 Å². The van der Waals surface area contributed by atoms with Crippen molar-refractivity contribution in [3.63, 3.8) is 0 Å². The van der Waals surface area contributed by atoms with Gasteiger partial charge in [-0.05, 0) is 44.0 Å². The summed E-state index contributed by atoms with van der Waals surface area (Å²) in [4.78, 5) is 32.4. The molecule has 1 aliphatic carbocycles. The minimum Gasteiger partial charge on any atom is -0.288 e. The summed E-state index contributed by atoms with van der Waals surface area (Å²) in [5.41, 5.74) is 1.45. The van der Waals surface area contributed by atoms with Crippen LogP contribution in [0.5, 0.6) is 0 Å². The van der Waals surface area contributed by atoms with E-state index in [0.717, 1.165) is 47.5 Å². The van der Waals surface area contributed by atoms with Crippen molar-refractivity contribution in [3.8, 4) is 5.69 Å². The number of aromatic nitrogens is 2. The zero-order valence-corrected chi connectivity index (χ0v) is 17.2. The topological polar surface area (TPSA) is 52.0 Å². The molecule has 2 aromatic heterocycles. The molecular weight excluding hydrogens is 380 g/mol. The van der Waals surface area contributed by atoms with Gasteiger partial charge < -0.3 is 0 Å². The number of benzene rings is 2. The molecule has 2 aromatic carbocycles. The first-order valence-electron chi connectivity index (χ1n) is 10.2. The van der Waals surface area contributed by atoms with Crippen LogP contribution in [-0.2, 0) is 0 Å². The zero-order chi connectivity index (χ0) is 20.0. The maximum absolute atomic E-state index is 13.7. The van der Waals surface area contributed by atoms with Crippen LogP contribution in [0.3, 0.4) is 0 Å². The summed E-state index contributed by atoms with van der Waals surface area (Å²) >= 11 is 1.44. The van der Waals surface area contributed by atoms with Gasteiger partial charge in [0.1, 0.15) is 16.0 Å². The highest BCUT2D eigenvalue weighted by Gasteiger charge is 2.24. The molecule has 1 saturated carbocycles. The fourth-order valence-electron chi connectivity index (χ4n) is 4.35. The molecule has 5 heteroatoms. The lowest BCUT2D eigenvalue weighted by Crippen LogP contribution is -2.29. The molecule has 0 aliphatic heterocycles. The van der Waals surface area contributed by atoms with Crippen molar-refractivity contribution in [2.45, 2.75) is 44.9 Å². The monoisotopic (exact) mass is 402 g/mol. The highest BCUT2D eigenvalue weighted by Crippen LogP contribution is 2.33. The molecule has 0 bridgehead atoms. The van der Waals surface area contributed by atoms with Gasteiger partial charge >= 0.3 is 0 Å². The molecule has 146 valence electrons. The van der Waals surface area contributed by atoms with Crippen molar-refractivity contribution in [1.29, 1.82) is 0 Å². The summed E-state index contributed by atoms with van der Waals surface area (Å²) in [5.74, 6) is 1.05. The Hall–Kier alpha value is -2.79. The SMILES string of the molecule is Cc1ccc(-n2c(C3CCCCC3)nc3sc4ccccc4c(=O)c3c2=O)cc1. The van der Waals surface area contributed by atoms with Crippen LogP contribution < -0.4 is 11.0 Å². The van der Waals surface area contributed by atoms with Gasteiger partial charge in [-0.3, -0.25) is 14.2 Å². The van der Waals surface area contributed by atoms with Gasteiger partial charge in [0, 0.05) is 16.0 Å². The molecule has 0 N–H and O–H groups in total. The summed E-state index contributed by atoms with van der Waals surface area (Å²) in [6.45, 7) is 2.02. The summed E-state index contributed by atoms with van der Waals surface area (Å²) in [6.07, 6.45) is 5.61. The minimum absolute atomic E-state index is 0.203. The van der Waals surface area contributed by atoms with Crippen LogP contribution in [0.4, 0.5) is 0 Å². The van der Waals surface area contributed by atoms with Crippen LogP contribution in [0.25, 0.3) is 26.0 Å². The first-order chi connectivity index (χ1) is 14.1. The predicted molar refractivity (Wildman–Crippen MR) is 120 cm³/mol. The van der Waals surface area contributed by atoms with Gasteiger partial charge in [0.25, 0.3) is 5.56 Å². The fourth-order valence-corrected chi connectivity index (χ4v) is 5.39. The Balaban J connectivity index is 1.88. The molecule has 4 nitrogen and oxygen atoms in total. The third kappa shape index (κ3) is 3.10. The van der Waals surface area contributed by atoms with E-state index in [1.807, 2.05) is 49.4 Å². The number of hydrogen-bond donors (Lipinski definition) is 0. The molecule has 0 saturated heterocycles. The Morgan fingerprint density at radius 1 is 0.966 bits per heavy atom. The summed E-state index contributed by atoms with van der Waals surface area (Å²) in [7, 11) is 0. The van der Waals surface area contributed by atoms with Gasteiger partial charge in [0.2, 0.25) is 5.43 Å². The Bertz CT molecular complexity index is 1330. The van der Waals surface area contributed by atoms with E-state index < -0.39 is 0 Å². The summed E-state index contributed by atoms with van der Waals surface area (Å²) in [6, 6.07) is 15.4. The van der Waals surface area contributed by atoms with Gasteiger partial charge in [-0.15, -0.1) is 11.3 Å². The minimum atomic E-state index is -0.244. The second-order valence-electron chi connectivity index (χ2n) is 7.89. The van der Waals surface area contributed by atoms with Gasteiger partial charge in [0.15, 0.2) is 0 Å². The third-order valence-electron chi connectivity index (χ3n) is 5.90. The number of fused-ring (bicyclic) bond motifs is 2. The average Bonchev–Trinajstić information content (AvgIpc) is 2.75. The molecule has 0 spiro atoms. The van der Waals surface area contributed by atoms with Gasteiger partial charge in [0.05, 0.1) is 5.69 Å². The number of rotatable bonds is 2. The molecule has 0 atom stereocenters. The highest BCUT2D eigenvalue weighted by molar-refractivity contribution is 7.24. The molecule has 0 amide bonds. The normalized spacial score (nSPS) is 15.2. The lowest BCUT2D eigenvalue weighted by Gasteiger charge is -2.24. The van der Waals surface area contributed by atoms with Crippen molar-refractivity contribution < 1.29 is 0 Å². The van der Waals surface area contributed by atoms with Crippen molar-refractivity contribution in [2.24, 2.45) is 0 Å². The van der Waals surface area contributed by atoms with Crippen molar-refractivity contribution in [1.82, 2.24) is 9.55 Å². The molecule has 0 unspecified atom stereocenters. The largest absolute Gasteiger partial charge is 0.288 e. The standard InChI is InChI=1S/C24H22N2O2S/c1-15-11-13-17(14-12-15)26-22(16-7-3-2-4-8-16)25-23-20(24(26)28)21(27)18-9-5-6-10-19(18)29-23/h5-6,9-14,16H,2-4,7-8H2,1H3. The second-order valence-corrected chi connectivity index (χ2v) is 8.92. The summed E-state index contributed by atoms with van der Waals surface area (Å²) in [5, 5.41) is 0.790. The Labute approximate surface area is 172 Å². The van der Waals surface area contributed by atoms with Gasteiger partial charge in [-0.2, -0.15) is 0 Å². The van der Waals surface area contributed by atoms with E-state index in [0.29, 0.717) is 10.2 Å². The molecule has 4 aromatic rings. The van der Waals surface area contributed by atoms with E-state index in [1.165, 1.54) is 17.8 Å². The number of aryl methyl sites for hydroxylation is 1. The Morgan fingerprint density at radius 2 is 1.69 bits per heavy atom. The van der Waals surface area contributed by atoms with E-state index in [2.05, 4.69) is 0 Å². The van der Waals surface area contributed by atoms with Crippen LogP contribution in [0.1, 0.15) is 49.4 Å². The zero-order valence-electron chi connectivity index (χ0n) is 16.4. The van der Waals surface area contributed by atoms with Crippen LogP contribution in [-0.4, -0.2) is 9.55 Å². The number of hydrogen-bond acceptors (Lipinski definition) is 4. The predicted octanol–water partition coefficient (Wildman–Crippen LogP) is 5.32. The fraction of sp³-hybridized carbons (Fsp3) is 0.292. The summed E-state index contributed by atoms with van der Waals surface area (Å²) < 4.78 is 2.57. The van der Waals surface area contributed by atoms with Crippen molar-refractivity contribution in [3.05, 3.63) is 80.5 Å². The lowest BCUT2D eigenvalue weighted by molar-refractivity contribution is 0.422. The quantitative estimate of drug-likeness (QED) is 0.427.